The average molecular weight is 280 g/mol. The molecule has 0 spiro atoms. The van der Waals surface area contributed by atoms with E-state index in [0.717, 1.165) is 13.0 Å². The quantitative estimate of drug-likeness (QED) is 0.412. The van der Waals surface area contributed by atoms with Crippen LogP contribution in [-0.4, -0.2) is 65.9 Å². The molecule has 0 heterocycles. The molecule has 0 aliphatic carbocycles. The Kier molecular flexibility index (Phi) is 9.15. The first-order valence-electron chi connectivity index (χ1n) is 5.89. The smallest absolute Gasteiger partial charge is 0.480 e. The Morgan fingerprint density at radius 1 is 1.28 bits per heavy atom. The van der Waals surface area contributed by atoms with Gasteiger partial charge in [-0.05, 0) is 6.42 Å². The number of nitrogens with zero attached hydrogens (tertiary/aromatic N) is 1. The topological polar surface area (TPSA) is 80.3 Å². The van der Waals surface area contributed by atoms with Crippen LogP contribution in [0.3, 0.4) is 0 Å². The molecule has 0 saturated heterocycles. The van der Waals surface area contributed by atoms with E-state index in [-0.39, 0.29) is 6.54 Å². The lowest BCUT2D eigenvalue weighted by atomic mass is 10.4. The van der Waals surface area contributed by atoms with Crippen molar-refractivity contribution in [3.63, 3.8) is 0 Å². The van der Waals surface area contributed by atoms with E-state index in [2.05, 4.69) is 5.43 Å². The Hall–Kier alpha value is -0.513. The van der Waals surface area contributed by atoms with Crippen LogP contribution in [0.4, 0.5) is 0 Å². The number of rotatable bonds is 11. The molecule has 0 aliphatic rings. The Morgan fingerprint density at radius 3 is 2.22 bits per heavy atom. The molecule has 0 amide bonds. The summed E-state index contributed by atoms with van der Waals surface area (Å²) >= 11 is 0. The van der Waals surface area contributed by atoms with Crippen LogP contribution < -0.4 is 5.43 Å². The maximum atomic E-state index is 10.4. The van der Waals surface area contributed by atoms with Gasteiger partial charge in [0, 0.05) is 40.5 Å². The van der Waals surface area contributed by atoms with Crippen molar-refractivity contribution in [2.24, 2.45) is 0 Å². The molecule has 0 radical (unpaired) electrons. The van der Waals surface area contributed by atoms with Gasteiger partial charge < -0.3 is 18.4 Å². The first-order chi connectivity index (χ1) is 8.53. The SMILES string of the molecule is CCN(CCC[Si](OC)(OC)OC)NCC(=O)O. The molecule has 0 atom stereocenters. The molecule has 0 fully saturated rings. The summed E-state index contributed by atoms with van der Waals surface area (Å²) in [7, 11) is 2.24. The van der Waals surface area contributed by atoms with Crippen LogP contribution in [0.1, 0.15) is 13.3 Å². The fourth-order valence-electron chi connectivity index (χ4n) is 1.57. The van der Waals surface area contributed by atoms with Crippen molar-refractivity contribution in [2.75, 3.05) is 41.0 Å². The second-order valence-electron chi connectivity index (χ2n) is 3.71. The largest absolute Gasteiger partial charge is 0.500 e. The molecule has 0 bridgehead atoms. The van der Waals surface area contributed by atoms with Gasteiger partial charge in [-0.2, -0.15) is 0 Å². The molecule has 0 saturated carbocycles. The van der Waals surface area contributed by atoms with Gasteiger partial charge in [0.15, 0.2) is 0 Å². The van der Waals surface area contributed by atoms with Gasteiger partial charge in [-0.1, -0.05) is 6.92 Å². The van der Waals surface area contributed by atoms with Crippen molar-refractivity contribution in [3.05, 3.63) is 0 Å². The zero-order valence-electron chi connectivity index (χ0n) is 11.6. The fraction of sp³-hybridized carbons (Fsp3) is 0.900. The summed E-state index contributed by atoms with van der Waals surface area (Å²) in [5.41, 5.74) is 2.84. The second-order valence-corrected chi connectivity index (χ2v) is 6.80. The minimum absolute atomic E-state index is 0.0742. The van der Waals surface area contributed by atoms with Gasteiger partial charge in [-0.25, -0.2) is 10.4 Å². The van der Waals surface area contributed by atoms with Gasteiger partial charge in [0.25, 0.3) is 0 Å². The molecule has 0 unspecified atom stereocenters. The van der Waals surface area contributed by atoms with Crippen molar-refractivity contribution < 1.29 is 23.2 Å². The molecule has 18 heavy (non-hydrogen) atoms. The highest BCUT2D eigenvalue weighted by Crippen LogP contribution is 2.14. The molecule has 0 aromatic heterocycles. The first-order valence-corrected chi connectivity index (χ1v) is 7.82. The van der Waals surface area contributed by atoms with Crippen molar-refractivity contribution in [3.8, 4) is 0 Å². The maximum Gasteiger partial charge on any atom is 0.500 e. The molecular formula is C10H24N2O5Si. The molecule has 8 heteroatoms. The van der Waals surface area contributed by atoms with Crippen LogP contribution >= 0.6 is 0 Å². The van der Waals surface area contributed by atoms with Crippen LogP contribution in [-0.2, 0) is 18.1 Å². The number of nitrogens with one attached hydrogen (secondary N) is 1. The summed E-state index contributed by atoms with van der Waals surface area (Å²) in [5.74, 6) is -0.872. The van der Waals surface area contributed by atoms with Crippen molar-refractivity contribution in [2.45, 2.75) is 19.4 Å². The summed E-state index contributed by atoms with van der Waals surface area (Å²) in [5, 5.41) is 10.4. The summed E-state index contributed by atoms with van der Waals surface area (Å²) in [4.78, 5) is 10.4. The van der Waals surface area contributed by atoms with Crippen LogP contribution in [0, 0.1) is 0 Å². The fourth-order valence-corrected chi connectivity index (χ4v) is 3.27. The van der Waals surface area contributed by atoms with E-state index >= 15 is 0 Å². The normalized spacial score (nSPS) is 12.1. The van der Waals surface area contributed by atoms with Crippen LogP contribution in [0.2, 0.25) is 6.04 Å². The van der Waals surface area contributed by atoms with E-state index < -0.39 is 14.8 Å². The number of hydrogen-bond acceptors (Lipinski definition) is 6. The maximum absolute atomic E-state index is 10.4. The predicted octanol–water partition coefficient (Wildman–Crippen LogP) is 0.166. The highest BCUT2D eigenvalue weighted by Gasteiger charge is 2.36. The second kappa shape index (κ2) is 9.42. The number of aliphatic carboxylic acids is 1. The molecule has 0 aliphatic heterocycles. The highest BCUT2D eigenvalue weighted by atomic mass is 28.4. The lowest BCUT2D eigenvalue weighted by molar-refractivity contribution is -0.137. The van der Waals surface area contributed by atoms with E-state index in [4.69, 9.17) is 18.4 Å². The van der Waals surface area contributed by atoms with Gasteiger partial charge in [0.1, 0.15) is 6.54 Å². The molecule has 108 valence electrons. The first kappa shape index (κ1) is 17.5. The Bertz CT molecular complexity index is 230. The Morgan fingerprint density at radius 2 is 1.83 bits per heavy atom. The van der Waals surface area contributed by atoms with E-state index in [1.807, 2.05) is 11.9 Å². The van der Waals surface area contributed by atoms with E-state index in [0.29, 0.717) is 12.6 Å². The van der Waals surface area contributed by atoms with Gasteiger partial charge in [-0.15, -0.1) is 0 Å². The van der Waals surface area contributed by atoms with Crippen molar-refractivity contribution >= 4 is 14.8 Å². The molecule has 0 aromatic rings. The van der Waals surface area contributed by atoms with E-state index in [1.54, 1.807) is 21.3 Å². The third-order valence-electron chi connectivity index (χ3n) is 2.68. The van der Waals surface area contributed by atoms with Crippen LogP contribution in [0.15, 0.2) is 0 Å². The van der Waals surface area contributed by atoms with Gasteiger partial charge in [-0.3, -0.25) is 4.79 Å². The van der Waals surface area contributed by atoms with Gasteiger partial charge in [0.05, 0.1) is 0 Å². The third-order valence-corrected chi connectivity index (χ3v) is 5.51. The zero-order chi connectivity index (χ0) is 14.0. The standard InChI is InChI=1S/C10H24N2O5Si/c1-5-12(11-9-10(13)14)7-6-8-18(15-2,16-3)17-4/h11H,5-9H2,1-4H3,(H,13,14). The number of carboxylic acid groups (broad SMARTS) is 1. The Balaban J connectivity index is 4.01. The monoisotopic (exact) mass is 280 g/mol. The number of hydrazine groups is 1. The Labute approximate surface area is 109 Å². The lowest BCUT2D eigenvalue weighted by Crippen LogP contribution is -2.45. The summed E-state index contributed by atoms with van der Waals surface area (Å²) < 4.78 is 15.9. The molecular weight excluding hydrogens is 256 g/mol. The minimum atomic E-state index is -2.51. The number of carbonyl (C=O) groups is 1. The van der Waals surface area contributed by atoms with E-state index in [9.17, 15) is 4.79 Å². The predicted molar refractivity (Wildman–Crippen MR) is 69.1 cm³/mol. The van der Waals surface area contributed by atoms with Crippen molar-refractivity contribution in [1.82, 2.24) is 10.4 Å². The van der Waals surface area contributed by atoms with Gasteiger partial charge >= 0.3 is 14.8 Å². The summed E-state index contributed by atoms with van der Waals surface area (Å²) in [6.45, 7) is 3.33. The van der Waals surface area contributed by atoms with Crippen LogP contribution in [0.5, 0.6) is 0 Å². The zero-order valence-corrected chi connectivity index (χ0v) is 12.6. The van der Waals surface area contributed by atoms with Crippen LogP contribution in [0.25, 0.3) is 0 Å². The molecule has 2 N–H and O–H groups in total. The molecule has 0 aromatic carbocycles. The third kappa shape index (κ3) is 6.43. The summed E-state index contributed by atoms with van der Waals surface area (Å²) in [6.07, 6.45) is 0.808. The number of hydrogen-bond donors (Lipinski definition) is 2. The average Bonchev–Trinajstić information content (AvgIpc) is 2.38. The van der Waals surface area contributed by atoms with E-state index in [1.165, 1.54) is 0 Å². The van der Waals surface area contributed by atoms with Crippen molar-refractivity contribution in [1.29, 1.82) is 0 Å². The summed E-state index contributed by atoms with van der Waals surface area (Å²) in [6, 6.07) is 0.696. The highest BCUT2D eigenvalue weighted by molar-refractivity contribution is 6.60. The lowest BCUT2D eigenvalue weighted by Gasteiger charge is -2.26. The molecule has 0 rings (SSSR count). The van der Waals surface area contributed by atoms with Gasteiger partial charge in [0.2, 0.25) is 0 Å². The minimum Gasteiger partial charge on any atom is -0.480 e. The number of carboxylic acids is 1. The molecule has 7 nitrogen and oxygen atoms in total.